The summed E-state index contributed by atoms with van der Waals surface area (Å²) in [6.45, 7) is 0. The molecular weight excluding hydrogens is 354 g/mol. The largest absolute Gasteiger partial charge is 0.391 e. The monoisotopic (exact) mass is 379 g/mol. The highest BCUT2D eigenvalue weighted by atomic mass is 35.5. The van der Waals surface area contributed by atoms with Crippen LogP contribution < -0.4 is 5.73 Å². The third-order valence-corrected chi connectivity index (χ3v) is 6.42. The van der Waals surface area contributed by atoms with Crippen molar-refractivity contribution in [3.05, 3.63) is 60.2 Å². The molecule has 1 fully saturated rings. The molecule has 2 nitrogen and oxygen atoms in total. The maximum absolute atomic E-state index is 11.0. The fraction of sp³-hybridized carbons (Fsp3) is 0.333. The van der Waals surface area contributed by atoms with Crippen LogP contribution in [0.2, 0.25) is 0 Å². The minimum absolute atomic E-state index is 0. The van der Waals surface area contributed by atoms with Crippen molar-refractivity contribution < 1.29 is 5.11 Å². The van der Waals surface area contributed by atoms with Crippen LogP contribution in [0.3, 0.4) is 0 Å². The summed E-state index contributed by atoms with van der Waals surface area (Å²) in [7, 11) is 0. The van der Waals surface area contributed by atoms with Crippen molar-refractivity contribution in [3.63, 3.8) is 0 Å². The van der Waals surface area contributed by atoms with Gasteiger partial charge in [-0.2, -0.15) is 0 Å². The number of nitrogens with two attached hydrogens (primary N) is 1. The summed E-state index contributed by atoms with van der Waals surface area (Å²) in [6, 6.07) is 19.2. The van der Waals surface area contributed by atoms with E-state index >= 15 is 0 Å². The van der Waals surface area contributed by atoms with E-state index in [0.717, 1.165) is 18.4 Å². The van der Waals surface area contributed by atoms with Gasteiger partial charge in [-0.1, -0.05) is 73.9 Å². The van der Waals surface area contributed by atoms with Crippen LogP contribution in [0.25, 0.3) is 32.3 Å². The van der Waals surface area contributed by atoms with Crippen molar-refractivity contribution in [2.45, 2.75) is 44.2 Å². The first-order valence-corrected chi connectivity index (χ1v) is 9.84. The zero-order valence-corrected chi connectivity index (χ0v) is 16.2. The fourth-order valence-corrected chi connectivity index (χ4v) is 5.00. The summed E-state index contributed by atoms with van der Waals surface area (Å²) in [5.41, 5.74) is 7.70. The molecule has 0 unspecified atom stereocenters. The normalized spacial score (nSPS) is 18.0. The molecule has 5 rings (SSSR count). The van der Waals surface area contributed by atoms with Crippen LogP contribution in [0.1, 0.15) is 43.7 Å². The van der Waals surface area contributed by atoms with E-state index in [1.54, 1.807) is 0 Å². The molecule has 0 aromatic heterocycles. The third kappa shape index (κ3) is 2.97. The van der Waals surface area contributed by atoms with E-state index in [1.807, 2.05) is 0 Å². The lowest BCUT2D eigenvalue weighted by Gasteiger charge is -2.31. The molecule has 4 aromatic carbocycles. The standard InChI is InChI=1S/C24H25NO.ClH/c25-23(24(26)18-5-2-1-3-6-18)20-14-12-17-10-9-15-7-4-8-16-11-13-19(20)22(17)21(15)16;/h4,7-14,18,23-24,26H,1-3,5-6,25H2;1H/t23-,24+;/m1./s1. The van der Waals surface area contributed by atoms with Gasteiger partial charge in [-0.25, -0.2) is 0 Å². The zero-order chi connectivity index (χ0) is 17.7. The molecule has 4 aromatic rings. The summed E-state index contributed by atoms with van der Waals surface area (Å²) in [5, 5.41) is 18.5. The van der Waals surface area contributed by atoms with Gasteiger partial charge in [0.1, 0.15) is 0 Å². The van der Waals surface area contributed by atoms with Gasteiger partial charge in [0, 0.05) is 0 Å². The Hall–Kier alpha value is -1.87. The van der Waals surface area contributed by atoms with E-state index in [9.17, 15) is 5.11 Å². The Morgan fingerprint density at radius 1 is 0.778 bits per heavy atom. The summed E-state index contributed by atoms with van der Waals surface area (Å²) >= 11 is 0. The van der Waals surface area contributed by atoms with Crippen molar-refractivity contribution in [1.29, 1.82) is 0 Å². The van der Waals surface area contributed by atoms with Gasteiger partial charge >= 0.3 is 0 Å². The first kappa shape index (κ1) is 18.5. The van der Waals surface area contributed by atoms with E-state index in [-0.39, 0.29) is 18.4 Å². The number of rotatable bonds is 3. The van der Waals surface area contributed by atoms with Gasteiger partial charge in [0.05, 0.1) is 12.1 Å². The number of hydrogen-bond acceptors (Lipinski definition) is 2. The quantitative estimate of drug-likeness (QED) is 0.432. The molecule has 0 aliphatic heterocycles. The molecule has 0 amide bonds. The Balaban J connectivity index is 0.00000180. The third-order valence-electron chi connectivity index (χ3n) is 6.42. The van der Waals surface area contributed by atoms with Gasteiger partial charge in [-0.3, -0.25) is 0 Å². The van der Waals surface area contributed by atoms with Crippen LogP contribution in [0.5, 0.6) is 0 Å². The molecule has 0 radical (unpaired) electrons. The molecule has 0 saturated heterocycles. The molecule has 3 N–H and O–H groups in total. The molecule has 140 valence electrons. The second-order valence-corrected chi connectivity index (χ2v) is 7.93. The van der Waals surface area contributed by atoms with Crippen LogP contribution in [0, 0.1) is 5.92 Å². The molecule has 1 saturated carbocycles. The zero-order valence-electron chi connectivity index (χ0n) is 15.4. The summed E-state index contributed by atoms with van der Waals surface area (Å²) in [4.78, 5) is 0. The lowest BCUT2D eigenvalue weighted by atomic mass is 9.80. The van der Waals surface area contributed by atoms with Crippen molar-refractivity contribution >= 4 is 44.7 Å². The molecule has 27 heavy (non-hydrogen) atoms. The lowest BCUT2D eigenvalue weighted by Crippen LogP contribution is -2.34. The first-order valence-electron chi connectivity index (χ1n) is 9.84. The van der Waals surface area contributed by atoms with Gasteiger partial charge in [0.15, 0.2) is 0 Å². The van der Waals surface area contributed by atoms with Crippen molar-refractivity contribution in [2.24, 2.45) is 11.7 Å². The number of benzene rings is 4. The molecule has 0 spiro atoms. The van der Waals surface area contributed by atoms with Gasteiger partial charge in [0.25, 0.3) is 0 Å². The van der Waals surface area contributed by atoms with Gasteiger partial charge < -0.3 is 10.8 Å². The van der Waals surface area contributed by atoms with Crippen molar-refractivity contribution in [1.82, 2.24) is 0 Å². The van der Waals surface area contributed by atoms with E-state index in [0.29, 0.717) is 5.92 Å². The topological polar surface area (TPSA) is 46.2 Å². The Labute approximate surface area is 166 Å². The van der Waals surface area contributed by atoms with Gasteiger partial charge in [-0.15, -0.1) is 12.4 Å². The highest BCUT2D eigenvalue weighted by Gasteiger charge is 2.28. The molecule has 1 aliphatic carbocycles. The van der Waals surface area contributed by atoms with E-state index < -0.39 is 6.10 Å². The van der Waals surface area contributed by atoms with E-state index in [1.165, 1.54) is 51.6 Å². The second kappa shape index (κ2) is 7.27. The van der Waals surface area contributed by atoms with Gasteiger partial charge in [-0.05, 0) is 56.6 Å². The fourth-order valence-electron chi connectivity index (χ4n) is 5.00. The van der Waals surface area contributed by atoms with E-state index in [2.05, 4.69) is 54.6 Å². The molecule has 0 bridgehead atoms. The van der Waals surface area contributed by atoms with Crippen LogP contribution in [-0.2, 0) is 0 Å². The number of aliphatic hydroxyl groups excluding tert-OH is 1. The summed E-state index contributed by atoms with van der Waals surface area (Å²) in [6.07, 6.45) is 5.45. The van der Waals surface area contributed by atoms with Crippen LogP contribution >= 0.6 is 12.4 Å². The predicted molar refractivity (Wildman–Crippen MR) is 117 cm³/mol. The SMILES string of the molecule is Cl.N[C@H](c1ccc2ccc3cccc4ccc1c2c34)[C@@H](O)C1CCCCC1. The van der Waals surface area contributed by atoms with Crippen molar-refractivity contribution in [2.75, 3.05) is 0 Å². The van der Waals surface area contributed by atoms with Crippen LogP contribution in [0.15, 0.2) is 54.6 Å². The summed E-state index contributed by atoms with van der Waals surface area (Å²) < 4.78 is 0. The minimum atomic E-state index is -0.464. The van der Waals surface area contributed by atoms with Crippen LogP contribution in [0.4, 0.5) is 0 Å². The highest BCUT2D eigenvalue weighted by molar-refractivity contribution is 6.23. The molecule has 1 aliphatic rings. The molecule has 2 atom stereocenters. The smallest absolute Gasteiger partial charge is 0.0761 e. The lowest BCUT2D eigenvalue weighted by molar-refractivity contribution is 0.0622. The first-order chi connectivity index (χ1) is 12.7. The Morgan fingerprint density at radius 2 is 1.37 bits per heavy atom. The van der Waals surface area contributed by atoms with E-state index in [4.69, 9.17) is 5.73 Å². The highest BCUT2D eigenvalue weighted by Crippen LogP contribution is 2.39. The number of aliphatic hydroxyl groups is 1. The Morgan fingerprint density at radius 3 is 2.07 bits per heavy atom. The number of halogens is 1. The molecular formula is C24H26ClNO. The van der Waals surface area contributed by atoms with Crippen molar-refractivity contribution in [3.8, 4) is 0 Å². The molecule has 3 heteroatoms. The summed E-state index contributed by atoms with van der Waals surface area (Å²) in [5.74, 6) is 0.331. The average Bonchev–Trinajstić information content (AvgIpc) is 2.71. The van der Waals surface area contributed by atoms with Crippen LogP contribution in [-0.4, -0.2) is 11.2 Å². The Kier molecular flexibility index (Phi) is 4.98. The number of hydrogen-bond donors (Lipinski definition) is 2. The maximum atomic E-state index is 11.0. The second-order valence-electron chi connectivity index (χ2n) is 7.93. The average molecular weight is 380 g/mol. The van der Waals surface area contributed by atoms with Gasteiger partial charge in [0.2, 0.25) is 0 Å². The predicted octanol–water partition coefficient (Wildman–Crippen LogP) is 5.95. The minimum Gasteiger partial charge on any atom is -0.391 e. The Bertz CT molecular complexity index is 1050. The maximum Gasteiger partial charge on any atom is 0.0761 e. The molecule has 0 heterocycles.